The number of hydrogen-bond donors (Lipinski definition) is 3. The molecular weight excluding hydrogens is 299 g/mol. The van der Waals surface area contributed by atoms with Crippen LogP contribution in [-0.4, -0.2) is 24.4 Å². The molecule has 9 heteroatoms. The average molecular weight is 310 g/mol. The smallest absolute Gasteiger partial charge is 0.282 e. The van der Waals surface area contributed by atoms with Gasteiger partial charge in [-0.25, -0.2) is 9.37 Å². The third kappa shape index (κ3) is 3.08. The molecule has 21 heavy (non-hydrogen) atoms. The van der Waals surface area contributed by atoms with Gasteiger partial charge in [-0.15, -0.1) is 0 Å². The number of nitrogens with one attached hydrogen (secondary N) is 1. The first-order valence-corrected chi connectivity index (χ1v) is 7.14. The van der Waals surface area contributed by atoms with Crippen LogP contribution in [0.15, 0.2) is 52.8 Å². The number of nitrogens with zero attached hydrogens (tertiary/aromatic N) is 2. The van der Waals surface area contributed by atoms with Crippen LogP contribution in [0.1, 0.15) is 5.56 Å². The average Bonchev–Trinajstić information content (AvgIpc) is 2.47. The minimum absolute atomic E-state index is 0.0397. The number of benzene rings is 1. The molecule has 0 saturated carbocycles. The van der Waals surface area contributed by atoms with Crippen LogP contribution in [0.3, 0.4) is 0 Å². The van der Waals surface area contributed by atoms with Crippen molar-refractivity contribution in [1.29, 1.82) is 0 Å². The number of sulfonamides is 1. The lowest BCUT2D eigenvalue weighted by Crippen LogP contribution is -2.20. The van der Waals surface area contributed by atoms with Gasteiger partial charge in [0.15, 0.2) is 11.7 Å². The predicted molar refractivity (Wildman–Crippen MR) is 74.0 cm³/mol. The van der Waals surface area contributed by atoms with E-state index in [1.54, 1.807) is 12.1 Å². The minimum Gasteiger partial charge on any atom is -0.409 e. The van der Waals surface area contributed by atoms with Crippen LogP contribution >= 0.6 is 0 Å². The molecule has 0 fully saturated rings. The highest BCUT2D eigenvalue weighted by atomic mass is 32.2. The van der Waals surface area contributed by atoms with E-state index in [4.69, 9.17) is 10.9 Å². The number of halogens is 1. The molecule has 0 radical (unpaired) electrons. The Kier molecular flexibility index (Phi) is 4.03. The van der Waals surface area contributed by atoms with Crippen LogP contribution < -0.4 is 10.5 Å². The topological polar surface area (TPSA) is 118 Å². The van der Waals surface area contributed by atoms with Gasteiger partial charge in [0.1, 0.15) is 0 Å². The fourth-order valence-electron chi connectivity index (χ4n) is 1.61. The first-order chi connectivity index (χ1) is 9.95. The number of amidine groups is 1. The van der Waals surface area contributed by atoms with Gasteiger partial charge >= 0.3 is 0 Å². The fraction of sp³-hybridized carbons (Fsp3) is 0. The second-order valence-electron chi connectivity index (χ2n) is 3.93. The maximum absolute atomic E-state index is 13.5. The summed E-state index contributed by atoms with van der Waals surface area (Å²) in [7, 11) is -4.24. The molecule has 110 valence electrons. The molecule has 0 atom stereocenters. The monoisotopic (exact) mass is 310 g/mol. The first kappa shape index (κ1) is 14.7. The highest BCUT2D eigenvalue weighted by Crippen LogP contribution is 2.20. The Hall–Kier alpha value is -2.68. The summed E-state index contributed by atoms with van der Waals surface area (Å²) in [6.07, 6.45) is 1.16. The molecule has 0 unspecified atom stereocenters. The Balaban J connectivity index is 2.46. The van der Waals surface area contributed by atoms with Crippen molar-refractivity contribution >= 4 is 21.5 Å². The molecule has 4 N–H and O–H groups in total. The minimum atomic E-state index is -4.24. The third-order valence-corrected chi connectivity index (χ3v) is 3.83. The molecule has 0 aliphatic heterocycles. The van der Waals surface area contributed by atoms with Crippen molar-refractivity contribution < 1.29 is 18.0 Å². The molecule has 0 spiro atoms. The van der Waals surface area contributed by atoms with E-state index in [-0.39, 0.29) is 17.1 Å². The second kappa shape index (κ2) is 5.75. The van der Waals surface area contributed by atoms with Crippen molar-refractivity contribution in [1.82, 2.24) is 4.98 Å². The lowest BCUT2D eigenvalue weighted by molar-refractivity contribution is 0.318. The lowest BCUT2D eigenvalue weighted by Gasteiger charge is -2.11. The Labute approximate surface area is 120 Å². The number of hydrogen-bond acceptors (Lipinski definition) is 5. The summed E-state index contributed by atoms with van der Waals surface area (Å²) in [4.78, 5) is 3.50. The molecule has 0 amide bonds. The molecule has 1 aromatic carbocycles. The van der Waals surface area contributed by atoms with Crippen LogP contribution in [-0.2, 0) is 10.0 Å². The molecule has 7 nitrogen and oxygen atoms in total. The van der Waals surface area contributed by atoms with Crippen LogP contribution in [0.2, 0.25) is 0 Å². The number of rotatable bonds is 4. The molecule has 2 aromatic rings. The van der Waals surface area contributed by atoms with Gasteiger partial charge in [-0.3, -0.25) is 4.72 Å². The maximum atomic E-state index is 13.5. The summed E-state index contributed by atoms with van der Waals surface area (Å²) in [5, 5.41) is 10.8. The number of pyridine rings is 1. The van der Waals surface area contributed by atoms with Gasteiger partial charge in [0.25, 0.3) is 10.0 Å². The van der Waals surface area contributed by atoms with Crippen molar-refractivity contribution in [2.45, 2.75) is 5.03 Å². The molecule has 0 saturated heterocycles. The second-order valence-corrected chi connectivity index (χ2v) is 5.52. The van der Waals surface area contributed by atoms with E-state index >= 15 is 0 Å². The zero-order chi connectivity index (χ0) is 15.5. The van der Waals surface area contributed by atoms with Crippen molar-refractivity contribution in [3.8, 4) is 0 Å². The fourth-order valence-corrected chi connectivity index (χ4v) is 2.70. The molecule has 2 rings (SSSR count). The SMILES string of the molecule is N/C(=N/O)c1ccccc1NS(=O)(=O)c1ncccc1F. The molecule has 1 heterocycles. The van der Waals surface area contributed by atoms with Gasteiger partial charge < -0.3 is 10.9 Å². The molecule has 0 aliphatic carbocycles. The first-order valence-electron chi connectivity index (χ1n) is 5.66. The number of para-hydroxylation sites is 1. The van der Waals surface area contributed by atoms with Gasteiger partial charge in [0.05, 0.1) is 5.69 Å². The number of oxime groups is 1. The Morgan fingerprint density at radius 1 is 1.29 bits per heavy atom. The predicted octanol–water partition coefficient (Wildman–Crippen LogP) is 1.12. The Morgan fingerprint density at radius 2 is 2.00 bits per heavy atom. The van der Waals surface area contributed by atoms with Gasteiger partial charge in [-0.1, -0.05) is 17.3 Å². The van der Waals surface area contributed by atoms with E-state index in [1.165, 1.54) is 18.2 Å². The van der Waals surface area contributed by atoms with Gasteiger partial charge in [-0.05, 0) is 24.3 Å². The molecule has 0 bridgehead atoms. The van der Waals surface area contributed by atoms with Crippen molar-refractivity contribution in [2.24, 2.45) is 10.9 Å². The summed E-state index contributed by atoms with van der Waals surface area (Å²) in [6.45, 7) is 0. The largest absolute Gasteiger partial charge is 0.409 e. The summed E-state index contributed by atoms with van der Waals surface area (Å²) >= 11 is 0. The normalized spacial score (nSPS) is 12.1. The van der Waals surface area contributed by atoms with Gasteiger partial charge in [0, 0.05) is 11.8 Å². The quantitative estimate of drug-likeness (QED) is 0.338. The molecule has 1 aromatic heterocycles. The Bertz CT molecular complexity index is 793. The Morgan fingerprint density at radius 3 is 2.67 bits per heavy atom. The van der Waals surface area contributed by atoms with E-state index in [2.05, 4.69) is 14.9 Å². The van der Waals surface area contributed by atoms with Crippen LogP contribution in [0.25, 0.3) is 0 Å². The zero-order valence-corrected chi connectivity index (χ0v) is 11.4. The highest BCUT2D eigenvalue weighted by molar-refractivity contribution is 7.92. The van der Waals surface area contributed by atoms with Crippen LogP contribution in [0, 0.1) is 5.82 Å². The number of aromatic nitrogens is 1. The summed E-state index contributed by atoms with van der Waals surface area (Å²) < 4.78 is 40.0. The van der Waals surface area contributed by atoms with Crippen LogP contribution in [0.5, 0.6) is 0 Å². The van der Waals surface area contributed by atoms with Gasteiger partial charge in [-0.2, -0.15) is 8.42 Å². The van der Waals surface area contributed by atoms with Crippen molar-refractivity contribution in [3.63, 3.8) is 0 Å². The van der Waals surface area contributed by atoms with Crippen LogP contribution in [0.4, 0.5) is 10.1 Å². The van der Waals surface area contributed by atoms with Gasteiger partial charge in [0.2, 0.25) is 5.03 Å². The van der Waals surface area contributed by atoms with E-state index in [0.717, 1.165) is 12.3 Å². The van der Waals surface area contributed by atoms with Crippen molar-refractivity contribution in [3.05, 3.63) is 54.0 Å². The zero-order valence-electron chi connectivity index (χ0n) is 10.6. The summed E-state index contributed by atoms with van der Waals surface area (Å²) in [5.74, 6) is -1.26. The molecular formula is C12H11FN4O3S. The van der Waals surface area contributed by atoms with E-state index in [9.17, 15) is 12.8 Å². The standard InChI is InChI=1S/C12H11FN4O3S/c13-9-5-3-7-15-12(9)21(19,20)17-10-6-2-1-4-8(10)11(14)16-18/h1-7,17-18H,(H2,14,16). The van der Waals surface area contributed by atoms with Crippen molar-refractivity contribution in [2.75, 3.05) is 4.72 Å². The van der Waals surface area contributed by atoms with E-state index in [0.29, 0.717) is 0 Å². The number of anilines is 1. The summed E-state index contributed by atoms with van der Waals surface area (Å²) in [5.41, 5.74) is 5.65. The maximum Gasteiger partial charge on any atom is 0.282 e. The molecule has 0 aliphatic rings. The highest BCUT2D eigenvalue weighted by Gasteiger charge is 2.22. The lowest BCUT2D eigenvalue weighted by atomic mass is 10.2. The number of nitrogens with two attached hydrogens (primary N) is 1. The van der Waals surface area contributed by atoms with E-state index in [1.807, 2.05) is 0 Å². The summed E-state index contributed by atoms with van der Waals surface area (Å²) in [6, 6.07) is 8.22. The van der Waals surface area contributed by atoms with E-state index < -0.39 is 20.9 Å². The third-order valence-electron chi connectivity index (χ3n) is 2.53.